The Hall–Kier alpha value is -2.73. The molecule has 2 rings (SSSR count). The number of halogens is 1. The Bertz CT molecular complexity index is 751. The van der Waals surface area contributed by atoms with Crippen molar-refractivity contribution in [1.29, 1.82) is 0 Å². The van der Waals surface area contributed by atoms with Gasteiger partial charge in [0, 0.05) is 5.02 Å². The summed E-state index contributed by atoms with van der Waals surface area (Å²) in [6.45, 7) is 1.36. The number of methoxy groups -OCH3 is 1. The fourth-order valence-corrected chi connectivity index (χ4v) is 2.33. The van der Waals surface area contributed by atoms with E-state index in [1.807, 2.05) is 6.07 Å². The average Bonchev–Trinajstić information content (AvgIpc) is 2.65. The molecule has 0 aliphatic carbocycles. The molecule has 2 aromatic carbocycles. The Morgan fingerprint density at radius 1 is 1.15 bits per heavy atom. The molecular weight excluding hydrogens is 358 g/mol. The molecule has 0 aromatic heterocycles. The molecule has 0 radical (unpaired) electrons. The van der Waals surface area contributed by atoms with E-state index in [1.165, 1.54) is 7.11 Å². The highest BCUT2D eigenvalue weighted by Gasteiger charge is 2.21. The van der Waals surface area contributed by atoms with E-state index in [2.05, 4.69) is 5.32 Å². The Morgan fingerprint density at radius 3 is 2.54 bits per heavy atom. The van der Waals surface area contributed by atoms with Crippen LogP contribution in [0.15, 0.2) is 48.5 Å². The zero-order valence-electron chi connectivity index (χ0n) is 14.5. The maximum Gasteiger partial charge on any atom is 0.347 e. The number of carbonyl (C=O) groups is 2. The molecule has 7 heteroatoms. The Kier molecular flexibility index (Phi) is 7.29. The summed E-state index contributed by atoms with van der Waals surface area (Å²) in [5, 5.41) is 3.04. The SMILES string of the molecule is CC[C@@H](Oc1ccccc1)C(=O)OCC(=O)Nc1cc(Cl)ccc1OC. The number of hydrogen-bond acceptors (Lipinski definition) is 5. The molecule has 1 N–H and O–H groups in total. The number of anilines is 1. The van der Waals surface area contributed by atoms with Gasteiger partial charge in [-0.2, -0.15) is 0 Å². The topological polar surface area (TPSA) is 73.9 Å². The standard InChI is InChI=1S/C19H20ClNO5/c1-3-16(26-14-7-5-4-6-8-14)19(23)25-12-18(22)21-15-11-13(20)9-10-17(15)24-2/h4-11,16H,3,12H2,1-2H3,(H,21,22)/t16-/m1/s1. The quantitative estimate of drug-likeness (QED) is 0.710. The Balaban J connectivity index is 1.89. The average molecular weight is 378 g/mol. The lowest BCUT2D eigenvalue weighted by atomic mass is 10.2. The van der Waals surface area contributed by atoms with Crippen LogP contribution >= 0.6 is 11.6 Å². The van der Waals surface area contributed by atoms with Crippen molar-refractivity contribution >= 4 is 29.2 Å². The maximum atomic E-state index is 12.1. The van der Waals surface area contributed by atoms with Crippen molar-refractivity contribution in [2.45, 2.75) is 19.4 Å². The number of carbonyl (C=O) groups excluding carboxylic acids is 2. The fraction of sp³-hybridized carbons (Fsp3) is 0.263. The summed E-state index contributed by atoms with van der Waals surface area (Å²) in [4.78, 5) is 24.2. The van der Waals surface area contributed by atoms with Gasteiger partial charge in [0.1, 0.15) is 11.5 Å². The van der Waals surface area contributed by atoms with E-state index in [4.69, 9.17) is 25.8 Å². The van der Waals surface area contributed by atoms with Crippen molar-refractivity contribution < 1.29 is 23.8 Å². The van der Waals surface area contributed by atoms with Crippen LogP contribution in [0.1, 0.15) is 13.3 Å². The molecule has 26 heavy (non-hydrogen) atoms. The summed E-state index contributed by atoms with van der Waals surface area (Å²) >= 11 is 5.91. The van der Waals surface area contributed by atoms with E-state index in [0.29, 0.717) is 28.6 Å². The van der Waals surface area contributed by atoms with Gasteiger partial charge in [-0.25, -0.2) is 4.79 Å². The van der Waals surface area contributed by atoms with Gasteiger partial charge in [-0.15, -0.1) is 0 Å². The van der Waals surface area contributed by atoms with Crippen LogP contribution in [0.5, 0.6) is 11.5 Å². The van der Waals surface area contributed by atoms with Gasteiger partial charge in [-0.05, 0) is 36.8 Å². The molecule has 0 unspecified atom stereocenters. The van der Waals surface area contributed by atoms with Gasteiger partial charge in [0.2, 0.25) is 0 Å². The molecule has 0 aliphatic heterocycles. The van der Waals surface area contributed by atoms with E-state index in [0.717, 1.165) is 0 Å². The van der Waals surface area contributed by atoms with E-state index in [1.54, 1.807) is 49.4 Å². The Morgan fingerprint density at radius 2 is 1.88 bits per heavy atom. The minimum Gasteiger partial charge on any atom is -0.495 e. The van der Waals surface area contributed by atoms with Crippen molar-refractivity contribution in [3.63, 3.8) is 0 Å². The van der Waals surface area contributed by atoms with Gasteiger partial charge in [-0.3, -0.25) is 4.79 Å². The predicted octanol–water partition coefficient (Wildman–Crippen LogP) is 3.69. The first-order valence-electron chi connectivity index (χ1n) is 8.05. The highest BCUT2D eigenvalue weighted by atomic mass is 35.5. The van der Waals surface area contributed by atoms with Gasteiger partial charge in [0.25, 0.3) is 5.91 Å². The van der Waals surface area contributed by atoms with Crippen LogP contribution in [-0.2, 0) is 14.3 Å². The second-order valence-electron chi connectivity index (χ2n) is 5.33. The number of esters is 1. The van der Waals surface area contributed by atoms with Crippen LogP contribution in [0.25, 0.3) is 0 Å². The monoisotopic (exact) mass is 377 g/mol. The molecule has 1 amide bonds. The molecule has 0 aliphatic rings. The van der Waals surface area contributed by atoms with E-state index in [9.17, 15) is 9.59 Å². The molecule has 6 nitrogen and oxygen atoms in total. The molecule has 0 saturated carbocycles. The first-order chi connectivity index (χ1) is 12.5. The van der Waals surface area contributed by atoms with Crippen LogP contribution in [0.2, 0.25) is 5.02 Å². The molecule has 1 atom stereocenters. The summed E-state index contributed by atoms with van der Waals surface area (Å²) in [5.41, 5.74) is 0.397. The highest BCUT2D eigenvalue weighted by molar-refractivity contribution is 6.31. The van der Waals surface area contributed by atoms with Crippen molar-refractivity contribution in [2.75, 3.05) is 19.0 Å². The molecule has 0 heterocycles. The third kappa shape index (κ3) is 5.67. The second kappa shape index (κ2) is 9.68. The van der Waals surface area contributed by atoms with Crippen molar-refractivity contribution in [3.05, 3.63) is 53.6 Å². The maximum absolute atomic E-state index is 12.1. The largest absolute Gasteiger partial charge is 0.495 e. The fourth-order valence-electron chi connectivity index (χ4n) is 2.16. The van der Waals surface area contributed by atoms with Gasteiger partial charge in [-0.1, -0.05) is 36.7 Å². The lowest BCUT2D eigenvalue weighted by Crippen LogP contribution is -2.31. The number of nitrogens with one attached hydrogen (secondary N) is 1. The number of hydrogen-bond donors (Lipinski definition) is 1. The molecule has 0 saturated heterocycles. The third-order valence-electron chi connectivity index (χ3n) is 3.44. The molecule has 0 bridgehead atoms. The number of amides is 1. The molecule has 138 valence electrons. The van der Waals surface area contributed by atoms with Crippen LogP contribution in [-0.4, -0.2) is 31.7 Å². The zero-order valence-corrected chi connectivity index (χ0v) is 15.3. The predicted molar refractivity (Wildman–Crippen MR) is 98.7 cm³/mol. The van der Waals surface area contributed by atoms with Crippen LogP contribution in [0, 0.1) is 0 Å². The summed E-state index contributed by atoms with van der Waals surface area (Å²) < 4.78 is 15.8. The molecule has 2 aromatic rings. The van der Waals surface area contributed by atoms with E-state index >= 15 is 0 Å². The number of rotatable bonds is 8. The summed E-state index contributed by atoms with van der Waals surface area (Å²) in [5.74, 6) is -0.101. The van der Waals surface area contributed by atoms with Crippen molar-refractivity contribution in [3.8, 4) is 11.5 Å². The first kappa shape index (κ1) is 19.6. The van der Waals surface area contributed by atoms with Crippen molar-refractivity contribution in [2.24, 2.45) is 0 Å². The van der Waals surface area contributed by atoms with E-state index < -0.39 is 24.6 Å². The number of para-hydroxylation sites is 1. The molecule has 0 spiro atoms. The van der Waals surface area contributed by atoms with Crippen molar-refractivity contribution in [1.82, 2.24) is 0 Å². The summed E-state index contributed by atoms with van der Waals surface area (Å²) in [7, 11) is 1.48. The lowest BCUT2D eigenvalue weighted by molar-refractivity contribution is -0.154. The number of ether oxygens (including phenoxy) is 3. The minimum atomic E-state index is -0.786. The molecule has 0 fully saturated rings. The zero-order chi connectivity index (χ0) is 18.9. The van der Waals surface area contributed by atoms with Crippen LogP contribution < -0.4 is 14.8 Å². The Labute approximate surface area is 157 Å². The van der Waals surface area contributed by atoms with Gasteiger partial charge < -0.3 is 19.5 Å². The van der Waals surface area contributed by atoms with E-state index in [-0.39, 0.29) is 0 Å². The van der Waals surface area contributed by atoms with Gasteiger partial charge in [0.15, 0.2) is 12.7 Å². The number of benzene rings is 2. The summed E-state index contributed by atoms with van der Waals surface area (Å²) in [6.07, 6.45) is -0.372. The van der Waals surface area contributed by atoms with Gasteiger partial charge in [0.05, 0.1) is 12.8 Å². The van der Waals surface area contributed by atoms with Crippen LogP contribution in [0.4, 0.5) is 5.69 Å². The summed E-state index contributed by atoms with van der Waals surface area (Å²) in [6, 6.07) is 13.8. The first-order valence-corrected chi connectivity index (χ1v) is 8.43. The lowest BCUT2D eigenvalue weighted by Gasteiger charge is -2.16. The second-order valence-corrected chi connectivity index (χ2v) is 5.76. The molecular formula is C19H20ClNO5. The minimum absolute atomic E-state index is 0.397. The van der Waals surface area contributed by atoms with Gasteiger partial charge >= 0.3 is 5.97 Å². The van der Waals surface area contributed by atoms with Crippen LogP contribution in [0.3, 0.4) is 0 Å². The normalized spacial score (nSPS) is 11.3. The smallest absolute Gasteiger partial charge is 0.347 e. The highest BCUT2D eigenvalue weighted by Crippen LogP contribution is 2.27. The third-order valence-corrected chi connectivity index (χ3v) is 3.67.